The summed E-state index contributed by atoms with van der Waals surface area (Å²) in [4.78, 5) is 2.58. The predicted octanol–water partition coefficient (Wildman–Crippen LogP) is 4.16. The van der Waals surface area contributed by atoms with Crippen LogP contribution in [0.25, 0.3) is 0 Å². The summed E-state index contributed by atoms with van der Waals surface area (Å²) < 4.78 is 0. The van der Waals surface area contributed by atoms with E-state index >= 15 is 0 Å². The molecule has 0 aliphatic heterocycles. The minimum absolute atomic E-state index is 0.431. The van der Waals surface area contributed by atoms with Crippen molar-refractivity contribution in [1.29, 1.82) is 0 Å². The van der Waals surface area contributed by atoms with E-state index in [4.69, 9.17) is 0 Å². The van der Waals surface area contributed by atoms with Crippen molar-refractivity contribution in [3.8, 4) is 0 Å². The molecule has 0 bridgehead atoms. The molecule has 1 aromatic carbocycles. The van der Waals surface area contributed by atoms with Gasteiger partial charge < -0.3 is 10.2 Å². The number of nitrogens with one attached hydrogen (secondary N) is 1. The standard InChI is InChI=1S/C19H32N2/c1-5-16-10-12-17(13-11-16)21(4)14-19(20-3)18-9-7-6-8-15(18)2/h6-9,16-17,19-20H,5,10-14H2,1-4H3. The molecule has 1 fully saturated rings. The van der Waals surface area contributed by atoms with Crippen molar-refractivity contribution in [2.75, 3.05) is 20.6 Å². The zero-order chi connectivity index (χ0) is 15.2. The fourth-order valence-electron chi connectivity index (χ4n) is 3.75. The van der Waals surface area contributed by atoms with Crippen molar-refractivity contribution < 1.29 is 0 Å². The lowest BCUT2D eigenvalue weighted by Crippen LogP contribution is -2.40. The third-order valence-corrected chi connectivity index (χ3v) is 5.40. The highest BCUT2D eigenvalue weighted by atomic mass is 15.2. The van der Waals surface area contributed by atoms with Crippen LogP contribution in [0.3, 0.4) is 0 Å². The van der Waals surface area contributed by atoms with Crippen molar-refractivity contribution in [2.24, 2.45) is 5.92 Å². The highest BCUT2D eigenvalue weighted by Crippen LogP contribution is 2.30. The van der Waals surface area contributed by atoms with Crippen LogP contribution in [-0.2, 0) is 0 Å². The molecule has 0 spiro atoms. The van der Waals surface area contributed by atoms with Crippen LogP contribution in [0.15, 0.2) is 24.3 Å². The van der Waals surface area contributed by atoms with Crippen LogP contribution in [0.4, 0.5) is 0 Å². The Morgan fingerprint density at radius 2 is 1.86 bits per heavy atom. The molecule has 21 heavy (non-hydrogen) atoms. The van der Waals surface area contributed by atoms with Crippen LogP contribution in [0.5, 0.6) is 0 Å². The molecule has 1 aromatic rings. The summed E-state index contributed by atoms with van der Waals surface area (Å²) >= 11 is 0. The highest BCUT2D eigenvalue weighted by molar-refractivity contribution is 5.29. The first-order chi connectivity index (χ1) is 10.2. The fraction of sp³-hybridized carbons (Fsp3) is 0.684. The van der Waals surface area contributed by atoms with Gasteiger partial charge in [-0.1, -0.05) is 37.6 Å². The van der Waals surface area contributed by atoms with Crippen LogP contribution in [0.1, 0.15) is 56.2 Å². The van der Waals surface area contributed by atoms with E-state index in [0.717, 1.165) is 18.5 Å². The molecule has 1 aliphatic carbocycles. The maximum Gasteiger partial charge on any atom is 0.0449 e. The lowest BCUT2D eigenvalue weighted by molar-refractivity contribution is 0.152. The number of hydrogen-bond donors (Lipinski definition) is 1. The second-order valence-corrected chi connectivity index (χ2v) is 6.72. The molecule has 0 heterocycles. The van der Waals surface area contributed by atoms with Gasteiger partial charge in [-0.3, -0.25) is 0 Å². The molecule has 0 amide bonds. The van der Waals surface area contributed by atoms with Crippen LogP contribution >= 0.6 is 0 Å². The van der Waals surface area contributed by atoms with E-state index < -0.39 is 0 Å². The van der Waals surface area contributed by atoms with Gasteiger partial charge in [0.2, 0.25) is 0 Å². The summed E-state index contributed by atoms with van der Waals surface area (Å²) in [7, 11) is 4.39. The van der Waals surface area contributed by atoms with E-state index in [0.29, 0.717) is 6.04 Å². The Balaban J connectivity index is 1.94. The number of hydrogen-bond acceptors (Lipinski definition) is 2. The normalized spacial score (nSPS) is 24.2. The minimum atomic E-state index is 0.431. The first kappa shape index (κ1) is 16.5. The van der Waals surface area contributed by atoms with Gasteiger partial charge in [0.1, 0.15) is 0 Å². The summed E-state index contributed by atoms with van der Waals surface area (Å²) in [5, 5.41) is 3.51. The monoisotopic (exact) mass is 288 g/mol. The Morgan fingerprint density at radius 1 is 1.19 bits per heavy atom. The number of nitrogens with zero attached hydrogens (tertiary/aromatic N) is 1. The van der Waals surface area contributed by atoms with Crippen molar-refractivity contribution in [3.05, 3.63) is 35.4 Å². The lowest BCUT2D eigenvalue weighted by atomic mass is 9.84. The molecule has 1 N–H and O–H groups in total. The van der Waals surface area contributed by atoms with Crippen LogP contribution in [-0.4, -0.2) is 31.6 Å². The third-order valence-electron chi connectivity index (χ3n) is 5.40. The number of rotatable bonds is 6. The molecule has 0 saturated heterocycles. The molecular formula is C19H32N2. The first-order valence-corrected chi connectivity index (χ1v) is 8.58. The molecule has 1 aliphatic rings. The van der Waals surface area contributed by atoms with Gasteiger partial charge in [0.25, 0.3) is 0 Å². The van der Waals surface area contributed by atoms with E-state index in [-0.39, 0.29) is 0 Å². The zero-order valence-electron chi connectivity index (χ0n) is 14.2. The third kappa shape index (κ3) is 4.31. The Labute approximate surface area is 130 Å². The maximum atomic E-state index is 3.51. The molecule has 0 radical (unpaired) electrons. The van der Waals surface area contributed by atoms with E-state index in [2.05, 4.69) is 62.4 Å². The smallest absolute Gasteiger partial charge is 0.0449 e. The summed E-state index contributed by atoms with van der Waals surface area (Å²) in [6, 6.07) is 9.96. The van der Waals surface area contributed by atoms with Crippen molar-refractivity contribution >= 4 is 0 Å². The molecule has 2 heteroatoms. The lowest BCUT2D eigenvalue weighted by Gasteiger charge is -2.36. The molecule has 2 rings (SSSR count). The molecule has 118 valence electrons. The summed E-state index contributed by atoms with van der Waals surface area (Å²) in [5.41, 5.74) is 2.83. The number of benzene rings is 1. The summed E-state index contributed by atoms with van der Waals surface area (Å²) in [6.07, 6.45) is 6.94. The Morgan fingerprint density at radius 3 is 2.43 bits per heavy atom. The van der Waals surface area contributed by atoms with Crippen molar-refractivity contribution in [3.63, 3.8) is 0 Å². The first-order valence-electron chi connectivity index (χ1n) is 8.58. The van der Waals surface area contributed by atoms with E-state index in [1.807, 2.05) is 0 Å². The molecule has 2 nitrogen and oxygen atoms in total. The van der Waals surface area contributed by atoms with Crippen LogP contribution in [0.2, 0.25) is 0 Å². The SMILES string of the molecule is CCC1CCC(N(C)CC(NC)c2ccccc2C)CC1. The van der Waals surface area contributed by atoms with Crippen LogP contribution in [0, 0.1) is 12.8 Å². The quantitative estimate of drug-likeness (QED) is 0.845. The van der Waals surface area contributed by atoms with Crippen molar-refractivity contribution in [1.82, 2.24) is 10.2 Å². The Bertz CT molecular complexity index is 421. The van der Waals surface area contributed by atoms with E-state index in [1.165, 1.54) is 43.2 Å². The molecule has 0 aromatic heterocycles. The van der Waals surface area contributed by atoms with Crippen LogP contribution < -0.4 is 5.32 Å². The fourth-order valence-corrected chi connectivity index (χ4v) is 3.75. The largest absolute Gasteiger partial charge is 0.312 e. The second-order valence-electron chi connectivity index (χ2n) is 6.72. The molecule has 1 saturated carbocycles. The van der Waals surface area contributed by atoms with E-state index in [9.17, 15) is 0 Å². The minimum Gasteiger partial charge on any atom is -0.312 e. The van der Waals surface area contributed by atoms with Gasteiger partial charge in [-0.15, -0.1) is 0 Å². The molecular weight excluding hydrogens is 256 g/mol. The highest BCUT2D eigenvalue weighted by Gasteiger charge is 2.25. The average molecular weight is 288 g/mol. The summed E-state index contributed by atoms with van der Waals surface area (Å²) in [5.74, 6) is 0.978. The van der Waals surface area contributed by atoms with E-state index in [1.54, 1.807) is 0 Å². The maximum absolute atomic E-state index is 3.51. The summed E-state index contributed by atoms with van der Waals surface area (Å²) in [6.45, 7) is 5.65. The van der Waals surface area contributed by atoms with Crippen molar-refractivity contribution in [2.45, 2.75) is 58.0 Å². The number of aryl methyl sites for hydroxylation is 1. The van der Waals surface area contributed by atoms with Gasteiger partial charge in [-0.05, 0) is 63.7 Å². The van der Waals surface area contributed by atoms with Gasteiger partial charge in [-0.25, -0.2) is 0 Å². The zero-order valence-corrected chi connectivity index (χ0v) is 14.2. The topological polar surface area (TPSA) is 15.3 Å². The predicted molar refractivity (Wildman–Crippen MR) is 91.6 cm³/mol. The Kier molecular flexibility index (Phi) is 6.25. The van der Waals surface area contributed by atoms with Gasteiger partial charge in [0.15, 0.2) is 0 Å². The molecule has 1 unspecified atom stereocenters. The van der Waals surface area contributed by atoms with Gasteiger partial charge in [0.05, 0.1) is 0 Å². The molecule has 1 atom stereocenters. The second kappa shape index (κ2) is 7.95. The van der Waals surface area contributed by atoms with Gasteiger partial charge in [0, 0.05) is 18.6 Å². The average Bonchev–Trinajstić information content (AvgIpc) is 2.53. The number of likely N-dealkylation sites (N-methyl/N-ethyl adjacent to an activating group) is 2. The van der Waals surface area contributed by atoms with Gasteiger partial charge in [-0.2, -0.15) is 0 Å². The van der Waals surface area contributed by atoms with Gasteiger partial charge >= 0.3 is 0 Å². The Hall–Kier alpha value is -0.860.